The Kier molecular flexibility index (Phi) is 7.46. The summed E-state index contributed by atoms with van der Waals surface area (Å²) in [6.45, 7) is 5.07. The lowest BCUT2D eigenvalue weighted by atomic mass is 10.1. The Morgan fingerprint density at radius 3 is 2.65 bits per heavy atom. The van der Waals surface area contributed by atoms with Crippen molar-refractivity contribution >= 4 is 39.7 Å². The molecule has 0 aliphatic rings. The number of thiazole rings is 1. The van der Waals surface area contributed by atoms with Gasteiger partial charge in [-0.1, -0.05) is 61.8 Å². The molecular weight excluding hydrogens is 469 g/mol. The van der Waals surface area contributed by atoms with E-state index in [1.165, 1.54) is 11.3 Å². The van der Waals surface area contributed by atoms with Crippen molar-refractivity contribution in [3.05, 3.63) is 100 Å². The van der Waals surface area contributed by atoms with E-state index in [1.807, 2.05) is 55.6 Å². The highest BCUT2D eigenvalue weighted by Crippen LogP contribution is 2.36. The Hall–Kier alpha value is -3.40. The lowest BCUT2D eigenvalue weighted by Crippen LogP contribution is -2.27. The number of aromatic nitrogens is 1. The molecule has 0 spiro atoms. The molecule has 4 rings (SSSR count). The van der Waals surface area contributed by atoms with Crippen LogP contribution in [0.3, 0.4) is 0 Å². The quantitative estimate of drug-likeness (QED) is 0.291. The second kappa shape index (κ2) is 10.7. The van der Waals surface area contributed by atoms with Crippen molar-refractivity contribution in [2.45, 2.75) is 20.4 Å². The molecule has 0 aliphatic carbocycles. The lowest BCUT2D eigenvalue weighted by Gasteiger charge is -2.22. The third kappa shape index (κ3) is 5.56. The van der Waals surface area contributed by atoms with Gasteiger partial charge in [-0.3, -0.25) is 4.79 Å². The van der Waals surface area contributed by atoms with E-state index in [1.54, 1.807) is 29.2 Å². The Labute approximate surface area is 208 Å². The van der Waals surface area contributed by atoms with E-state index in [4.69, 9.17) is 16.6 Å². The van der Waals surface area contributed by atoms with Crippen molar-refractivity contribution in [1.82, 2.24) is 10.3 Å². The van der Waals surface area contributed by atoms with Gasteiger partial charge in [-0.15, -0.1) is 11.3 Å². The van der Waals surface area contributed by atoms with Crippen LogP contribution in [0, 0.1) is 23.9 Å². The standard InChI is InChI=1S/C27H23ClFN3OS/c1-18(2)15-30-26(33)20-13-11-19(12-14-20)16-32(25-10-6-5-9-23(25)29)27-31-24(17-34-27)21-7-3-4-8-22(21)28/h3-4,6-8,10-14,17-18H,15-16H2,1-2H3,(H,30,33). The molecule has 1 N–H and O–H groups in total. The van der Waals surface area contributed by atoms with Gasteiger partial charge in [0.15, 0.2) is 10.9 Å². The van der Waals surface area contributed by atoms with E-state index < -0.39 is 5.82 Å². The van der Waals surface area contributed by atoms with Crippen molar-refractivity contribution in [2.75, 3.05) is 11.4 Å². The number of hydrogen-bond acceptors (Lipinski definition) is 4. The summed E-state index contributed by atoms with van der Waals surface area (Å²) >= 11 is 7.75. The van der Waals surface area contributed by atoms with E-state index in [0.717, 1.165) is 16.8 Å². The van der Waals surface area contributed by atoms with Crippen molar-refractivity contribution in [3.8, 4) is 11.3 Å². The molecule has 1 amide bonds. The van der Waals surface area contributed by atoms with Crippen molar-refractivity contribution in [2.24, 2.45) is 5.92 Å². The van der Waals surface area contributed by atoms with Crippen LogP contribution < -0.4 is 10.2 Å². The SMILES string of the molecule is CC(C)CNC(=O)c1ccc(CN(c2nc(-c3ccccc3Cl)cs2)c2ccc#cc2F)cc1. The largest absolute Gasteiger partial charge is 0.352 e. The number of benzene rings is 2. The zero-order chi connectivity index (χ0) is 24.1. The summed E-state index contributed by atoms with van der Waals surface area (Å²) < 4.78 is 14.7. The molecule has 7 heteroatoms. The van der Waals surface area contributed by atoms with Crippen LogP contribution in [0.2, 0.25) is 5.02 Å². The van der Waals surface area contributed by atoms with Crippen LogP contribution in [-0.4, -0.2) is 17.4 Å². The van der Waals surface area contributed by atoms with Gasteiger partial charge in [0.1, 0.15) is 0 Å². The molecule has 0 saturated carbocycles. The normalized spacial score (nSPS) is 10.7. The Balaban J connectivity index is 1.62. The van der Waals surface area contributed by atoms with E-state index in [9.17, 15) is 9.18 Å². The van der Waals surface area contributed by atoms with Gasteiger partial charge in [-0.2, -0.15) is 4.39 Å². The zero-order valence-corrected chi connectivity index (χ0v) is 20.4. The summed E-state index contributed by atoms with van der Waals surface area (Å²) in [4.78, 5) is 18.9. The highest BCUT2D eigenvalue weighted by molar-refractivity contribution is 7.14. The first-order valence-electron chi connectivity index (χ1n) is 10.9. The van der Waals surface area contributed by atoms with Crippen LogP contribution >= 0.6 is 22.9 Å². The summed E-state index contributed by atoms with van der Waals surface area (Å²) in [5.74, 6) is -0.247. The average Bonchev–Trinajstić information content (AvgIpc) is 3.32. The van der Waals surface area contributed by atoms with Gasteiger partial charge >= 0.3 is 0 Å². The van der Waals surface area contributed by atoms with Gasteiger partial charge in [0.2, 0.25) is 0 Å². The van der Waals surface area contributed by atoms with E-state index >= 15 is 0 Å². The summed E-state index contributed by atoms with van der Waals surface area (Å²) in [7, 11) is 0. The first kappa shape index (κ1) is 23.7. The maximum absolute atomic E-state index is 14.7. The molecule has 1 heterocycles. The first-order chi connectivity index (χ1) is 16.4. The molecule has 1 aromatic heterocycles. The molecule has 0 unspecified atom stereocenters. The molecule has 34 heavy (non-hydrogen) atoms. The topological polar surface area (TPSA) is 45.2 Å². The molecular formula is C27H23ClFN3OS. The number of halogens is 2. The monoisotopic (exact) mass is 491 g/mol. The molecule has 0 aliphatic heterocycles. The van der Waals surface area contributed by atoms with Crippen molar-refractivity contribution in [3.63, 3.8) is 0 Å². The number of hydrogen-bond donors (Lipinski definition) is 1. The minimum absolute atomic E-state index is 0.111. The Morgan fingerprint density at radius 2 is 1.94 bits per heavy atom. The van der Waals surface area contributed by atoms with E-state index in [-0.39, 0.29) is 5.91 Å². The van der Waals surface area contributed by atoms with Gasteiger partial charge in [0.25, 0.3) is 5.91 Å². The first-order valence-corrected chi connectivity index (χ1v) is 12.1. The van der Waals surface area contributed by atoms with Gasteiger partial charge in [0, 0.05) is 28.1 Å². The zero-order valence-electron chi connectivity index (χ0n) is 18.8. The van der Waals surface area contributed by atoms with Crippen LogP contribution in [0.4, 0.5) is 15.2 Å². The molecule has 4 nitrogen and oxygen atoms in total. The number of anilines is 2. The molecule has 3 aromatic carbocycles. The number of rotatable bonds is 8. The minimum atomic E-state index is -0.512. The van der Waals surface area contributed by atoms with Gasteiger partial charge in [-0.25, -0.2) is 4.98 Å². The van der Waals surface area contributed by atoms with Crippen molar-refractivity contribution in [1.29, 1.82) is 0 Å². The third-order valence-corrected chi connectivity index (χ3v) is 6.32. The number of nitrogens with one attached hydrogen (secondary N) is 1. The van der Waals surface area contributed by atoms with Gasteiger partial charge in [-0.05, 0) is 47.9 Å². The molecule has 0 radical (unpaired) electrons. The number of nitrogens with zero attached hydrogens (tertiary/aromatic N) is 2. The molecule has 4 aromatic rings. The Morgan fingerprint density at radius 1 is 1.18 bits per heavy atom. The maximum atomic E-state index is 14.7. The predicted octanol–water partition coefficient (Wildman–Crippen LogP) is 6.93. The second-order valence-electron chi connectivity index (χ2n) is 8.18. The fourth-order valence-electron chi connectivity index (χ4n) is 3.35. The fourth-order valence-corrected chi connectivity index (χ4v) is 4.42. The van der Waals surface area contributed by atoms with Gasteiger partial charge in [0.05, 0.1) is 17.9 Å². The van der Waals surface area contributed by atoms with E-state index in [0.29, 0.717) is 40.4 Å². The number of amides is 1. The molecule has 0 atom stereocenters. The van der Waals surface area contributed by atoms with Crippen LogP contribution in [0.25, 0.3) is 11.3 Å². The van der Waals surface area contributed by atoms with Crippen LogP contribution in [-0.2, 0) is 6.54 Å². The summed E-state index contributed by atoms with van der Waals surface area (Å²) in [5.41, 5.74) is 3.37. The fraction of sp³-hybridized carbons (Fsp3) is 0.185. The minimum Gasteiger partial charge on any atom is -0.352 e. The van der Waals surface area contributed by atoms with Crippen LogP contribution in [0.15, 0.2) is 66.0 Å². The maximum Gasteiger partial charge on any atom is 0.251 e. The number of carbonyl (C=O) groups is 1. The van der Waals surface area contributed by atoms with Crippen LogP contribution in [0.5, 0.6) is 0 Å². The highest BCUT2D eigenvalue weighted by Gasteiger charge is 2.19. The summed E-state index contributed by atoms with van der Waals surface area (Å²) in [6.07, 6.45) is 0. The third-order valence-electron chi connectivity index (χ3n) is 5.12. The molecule has 0 bridgehead atoms. The molecule has 0 fully saturated rings. The smallest absolute Gasteiger partial charge is 0.251 e. The number of carbonyl (C=O) groups excluding carboxylic acids is 1. The molecule has 172 valence electrons. The predicted molar refractivity (Wildman–Crippen MR) is 136 cm³/mol. The average molecular weight is 492 g/mol. The lowest BCUT2D eigenvalue weighted by molar-refractivity contribution is 0.0949. The molecule has 0 saturated heterocycles. The summed E-state index contributed by atoms with van der Waals surface area (Å²) in [5, 5.41) is 6.04. The van der Waals surface area contributed by atoms with E-state index in [2.05, 4.69) is 17.4 Å². The Bertz CT molecular complexity index is 1270. The van der Waals surface area contributed by atoms with Crippen molar-refractivity contribution < 1.29 is 9.18 Å². The summed E-state index contributed by atoms with van der Waals surface area (Å²) in [6, 6.07) is 23.2. The second-order valence-corrected chi connectivity index (χ2v) is 9.43. The van der Waals surface area contributed by atoms with Gasteiger partial charge < -0.3 is 10.2 Å². The highest BCUT2D eigenvalue weighted by atomic mass is 35.5. The van der Waals surface area contributed by atoms with Crippen LogP contribution in [0.1, 0.15) is 29.8 Å².